The van der Waals surface area contributed by atoms with Crippen LogP contribution in [0.4, 0.5) is 5.82 Å². The molecule has 0 saturated carbocycles. The molecule has 84 valence electrons. The number of rotatable bonds is 5. The first-order valence-electron chi connectivity index (χ1n) is 5.24. The largest absolute Gasteiger partial charge is 0.395 e. The second-order valence-electron chi connectivity index (χ2n) is 3.49. The van der Waals surface area contributed by atoms with E-state index in [-0.39, 0.29) is 6.61 Å². The molecule has 0 bridgehead atoms. The Morgan fingerprint density at radius 1 is 1.53 bits per heavy atom. The molecule has 3 N–H and O–H groups in total. The van der Waals surface area contributed by atoms with Crippen molar-refractivity contribution in [1.29, 1.82) is 0 Å². The van der Waals surface area contributed by atoms with Crippen LogP contribution in [0.15, 0.2) is 12.3 Å². The first kappa shape index (κ1) is 11.9. The summed E-state index contributed by atoms with van der Waals surface area (Å²) in [5.74, 6) is 0.934. The van der Waals surface area contributed by atoms with E-state index in [2.05, 4.69) is 9.88 Å². The maximum Gasteiger partial charge on any atom is 0.131 e. The van der Waals surface area contributed by atoms with Gasteiger partial charge in [0.05, 0.1) is 6.61 Å². The number of aryl methyl sites for hydroxylation is 1. The number of aliphatic hydroxyl groups is 1. The highest BCUT2D eigenvalue weighted by Crippen LogP contribution is 2.17. The van der Waals surface area contributed by atoms with Crippen molar-refractivity contribution < 1.29 is 5.11 Å². The molecular formula is C11H19N3O. The lowest BCUT2D eigenvalue weighted by Crippen LogP contribution is -2.27. The molecule has 0 aromatic carbocycles. The molecular weight excluding hydrogens is 190 g/mol. The van der Waals surface area contributed by atoms with Crippen molar-refractivity contribution in [2.45, 2.75) is 20.4 Å². The molecule has 1 rings (SSSR count). The number of hydrogen-bond donors (Lipinski definition) is 2. The van der Waals surface area contributed by atoms with Crippen molar-refractivity contribution in [1.82, 2.24) is 4.98 Å². The average Bonchev–Trinajstić information content (AvgIpc) is 2.26. The summed E-state index contributed by atoms with van der Waals surface area (Å²) in [4.78, 5) is 6.42. The lowest BCUT2D eigenvalue weighted by Gasteiger charge is -2.22. The van der Waals surface area contributed by atoms with Crippen LogP contribution in [0.5, 0.6) is 0 Å². The third-order valence-corrected chi connectivity index (χ3v) is 2.39. The third-order valence-electron chi connectivity index (χ3n) is 2.39. The Morgan fingerprint density at radius 2 is 2.27 bits per heavy atom. The quantitative estimate of drug-likeness (QED) is 0.748. The minimum absolute atomic E-state index is 0.146. The van der Waals surface area contributed by atoms with E-state index >= 15 is 0 Å². The van der Waals surface area contributed by atoms with Crippen LogP contribution in [0.3, 0.4) is 0 Å². The zero-order valence-electron chi connectivity index (χ0n) is 9.40. The minimum Gasteiger partial charge on any atom is -0.395 e. The minimum atomic E-state index is 0.146. The van der Waals surface area contributed by atoms with Gasteiger partial charge < -0.3 is 15.7 Å². The Morgan fingerprint density at radius 3 is 2.73 bits per heavy atom. The topological polar surface area (TPSA) is 62.4 Å². The predicted octanol–water partition coefficient (Wildman–Crippen LogP) is 0.667. The SMILES string of the molecule is CCN(CCO)c1ncc(CN)cc1C. The molecule has 0 aliphatic heterocycles. The molecule has 0 unspecified atom stereocenters. The summed E-state index contributed by atoms with van der Waals surface area (Å²) in [5.41, 5.74) is 7.69. The lowest BCUT2D eigenvalue weighted by atomic mass is 10.2. The van der Waals surface area contributed by atoms with Crippen molar-refractivity contribution >= 4 is 5.82 Å². The molecule has 4 heteroatoms. The molecule has 0 amide bonds. The summed E-state index contributed by atoms with van der Waals surface area (Å²) < 4.78 is 0. The van der Waals surface area contributed by atoms with E-state index in [9.17, 15) is 0 Å². The summed E-state index contributed by atoms with van der Waals surface area (Å²) >= 11 is 0. The Hall–Kier alpha value is -1.13. The van der Waals surface area contributed by atoms with E-state index < -0.39 is 0 Å². The van der Waals surface area contributed by atoms with Crippen LogP contribution in [-0.2, 0) is 6.54 Å². The number of pyridine rings is 1. The highest BCUT2D eigenvalue weighted by atomic mass is 16.3. The zero-order valence-corrected chi connectivity index (χ0v) is 9.40. The van der Waals surface area contributed by atoms with E-state index in [0.29, 0.717) is 13.1 Å². The number of hydrogen-bond acceptors (Lipinski definition) is 4. The first-order valence-corrected chi connectivity index (χ1v) is 5.24. The monoisotopic (exact) mass is 209 g/mol. The van der Waals surface area contributed by atoms with Crippen LogP contribution in [0.2, 0.25) is 0 Å². The van der Waals surface area contributed by atoms with Gasteiger partial charge in [-0.3, -0.25) is 0 Å². The first-order chi connectivity index (χ1) is 7.22. The fraction of sp³-hybridized carbons (Fsp3) is 0.545. The second kappa shape index (κ2) is 5.68. The fourth-order valence-corrected chi connectivity index (χ4v) is 1.60. The zero-order chi connectivity index (χ0) is 11.3. The van der Waals surface area contributed by atoms with Crippen molar-refractivity contribution in [3.05, 3.63) is 23.4 Å². The van der Waals surface area contributed by atoms with Crippen LogP contribution >= 0.6 is 0 Å². The summed E-state index contributed by atoms with van der Waals surface area (Å²) in [6.07, 6.45) is 1.79. The normalized spacial score (nSPS) is 10.4. The van der Waals surface area contributed by atoms with E-state index in [1.54, 1.807) is 6.20 Å². The van der Waals surface area contributed by atoms with Gasteiger partial charge in [0.1, 0.15) is 5.82 Å². The van der Waals surface area contributed by atoms with E-state index in [1.807, 2.05) is 19.9 Å². The van der Waals surface area contributed by atoms with Crippen LogP contribution in [0.1, 0.15) is 18.1 Å². The Balaban J connectivity index is 2.92. The predicted molar refractivity (Wildman–Crippen MR) is 61.8 cm³/mol. The molecule has 15 heavy (non-hydrogen) atoms. The highest BCUT2D eigenvalue weighted by molar-refractivity contribution is 5.47. The van der Waals surface area contributed by atoms with E-state index in [0.717, 1.165) is 23.5 Å². The van der Waals surface area contributed by atoms with Gasteiger partial charge in [-0.2, -0.15) is 0 Å². The third kappa shape index (κ3) is 2.91. The number of aromatic nitrogens is 1. The molecule has 0 spiro atoms. The van der Waals surface area contributed by atoms with Crippen molar-refractivity contribution in [3.8, 4) is 0 Å². The molecule has 0 fully saturated rings. The van der Waals surface area contributed by atoms with Gasteiger partial charge in [0, 0.05) is 25.8 Å². The number of likely N-dealkylation sites (N-methyl/N-ethyl adjacent to an activating group) is 1. The van der Waals surface area contributed by atoms with Crippen LogP contribution in [0, 0.1) is 6.92 Å². The van der Waals surface area contributed by atoms with Crippen LogP contribution < -0.4 is 10.6 Å². The van der Waals surface area contributed by atoms with Crippen LogP contribution in [-0.4, -0.2) is 29.8 Å². The van der Waals surface area contributed by atoms with Gasteiger partial charge in [-0.05, 0) is 31.0 Å². The summed E-state index contributed by atoms with van der Waals surface area (Å²) in [5, 5.41) is 8.93. The summed E-state index contributed by atoms with van der Waals surface area (Å²) in [6, 6.07) is 2.04. The van der Waals surface area contributed by atoms with Crippen molar-refractivity contribution in [2.24, 2.45) is 5.73 Å². The highest BCUT2D eigenvalue weighted by Gasteiger charge is 2.08. The molecule has 1 aromatic heterocycles. The summed E-state index contributed by atoms with van der Waals surface area (Å²) in [6.45, 7) is 6.19. The second-order valence-corrected chi connectivity index (χ2v) is 3.49. The smallest absolute Gasteiger partial charge is 0.131 e. The molecule has 0 radical (unpaired) electrons. The molecule has 1 heterocycles. The Kier molecular flexibility index (Phi) is 4.52. The molecule has 0 atom stereocenters. The summed E-state index contributed by atoms with van der Waals surface area (Å²) in [7, 11) is 0. The van der Waals surface area contributed by atoms with Gasteiger partial charge in [-0.15, -0.1) is 0 Å². The Bertz CT molecular complexity index is 315. The van der Waals surface area contributed by atoms with Gasteiger partial charge >= 0.3 is 0 Å². The molecule has 0 saturated heterocycles. The van der Waals surface area contributed by atoms with Crippen molar-refractivity contribution in [3.63, 3.8) is 0 Å². The van der Waals surface area contributed by atoms with Crippen molar-refractivity contribution in [2.75, 3.05) is 24.6 Å². The van der Waals surface area contributed by atoms with Gasteiger partial charge in [-0.25, -0.2) is 4.98 Å². The fourth-order valence-electron chi connectivity index (χ4n) is 1.60. The average molecular weight is 209 g/mol. The molecule has 0 aliphatic carbocycles. The number of anilines is 1. The molecule has 4 nitrogen and oxygen atoms in total. The lowest BCUT2D eigenvalue weighted by molar-refractivity contribution is 0.302. The van der Waals surface area contributed by atoms with Crippen LogP contribution in [0.25, 0.3) is 0 Å². The standard InChI is InChI=1S/C11H19N3O/c1-3-14(4-5-15)11-9(2)6-10(7-12)8-13-11/h6,8,15H,3-5,7,12H2,1-2H3. The maximum atomic E-state index is 8.93. The van der Waals surface area contributed by atoms with Gasteiger partial charge in [0.2, 0.25) is 0 Å². The van der Waals surface area contributed by atoms with Gasteiger partial charge in [0.25, 0.3) is 0 Å². The number of aliphatic hydroxyl groups excluding tert-OH is 1. The Labute approximate surface area is 90.7 Å². The maximum absolute atomic E-state index is 8.93. The number of nitrogens with two attached hydrogens (primary N) is 1. The molecule has 1 aromatic rings. The van der Waals surface area contributed by atoms with E-state index in [1.165, 1.54) is 0 Å². The molecule has 0 aliphatic rings. The van der Waals surface area contributed by atoms with Gasteiger partial charge in [-0.1, -0.05) is 0 Å². The van der Waals surface area contributed by atoms with Gasteiger partial charge in [0.15, 0.2) is 0 Å². The number of nitrogens with zero attached hydrogens (tertiary/aromatic N) is 2. The van der Waals surface area contributed by atoms with E-state index in [4.69, 9.17) is 10.8 Å².